The van der Waals surface area contributed by atoms with Gasteiger partial charge in [-0.3, -0.25) is 4.79 Å². The number of benzene rings is 1. The zero-order valence-corrected chi connectivity index (χ0v) is 13.7. The fourth-order valence-electron chi connectivity index (χ4n) is 1.78. The van der Waals surface area contributed by atoms with Gasteiger partial charge in [-0.1, -0.05) is 25.4 Å². The van der Waals surface area contributed by atoms with Crippen molar-refractivity contribution in [1.29, 1.82) is 0 Å². The van der Waals surface area contributed by atoms with Crippen LogP contribution < -0.4 is 9.47 Å². The molecule has 0 saturated carbocycles. The zero-order valence-electron chi connectivity index (χ0n) is 12.9. The molecular formula is C16H23ClO4. The first kappa shape index (κ1) is 17.6. The van der Waals surface area contributed by atoms with Crippen molar-refractivity contribution < 1.29 is 19.0 Å². The minimum absolute atomic E-state index is 0.251. The Labute approximate surface area is 131 Å². The van der Waals surface area contributed by atoms with Crippen molar-refractivity contribution in [3.05, 3.63) is 22.7 Å². The molecule has 0 fully saturated rings. The Kier molecular flexibility index (Phi) is 7.98. The summed E-state index contributed by atoms with van der Waals surface area (Å²) in [6.07, 6.45) is 2.64. The average molecular weight is 315 g/mol. The molecule has 0 saturated heterocycles. The van der Waals surface area contributed by atoms with Crippen LogP contribution in [0.25, 0.3) is 0 Å². The van der Waals surface area contributed by atoms with E-state index in [1.165, 1.54) is 7.11 Å². The second-order valence-electron chi connectivity index (χ2n) is 4.66. The van der Waals surface area contributed by atoms with Crippen molar-refractivity contribution in [3.8, 4) is 11.5 Å². The van der Waals surface area contributed by atoms with E-state index < -0.39 is 0 Å². The van der Waals surface area contributed by atoms with Crippen LogP contribution in [0.3, 0.4) is 0 Å². The van der Waals surface area contributed by atoms with E-state index in [0.717, 1.165) is 24.2 Å². The first-order valence-corrected chi connectivity index (χ1v) is 7.65. The number of esters is 1. The summed E-state index contributed by atoms with van der Waals surface area (Å²) in [5.41, 5.74) is 0.891. The van der Waals surface area contributed by atoms with Gasteiger partial charge in [0.15, 0.2) is 0 Å². The van der Waals surface area contributed by atoms with E-state index in [2.05, 4.69) is 4.74 Å². The highest BCUT2D eigenvalue weighted by Gasteiger charge is 2.13. The summed E-state index contributed by atoms with van der Waals surface area (Å²) in [4.78, 5) is 11.3. The highest BCUT2D eigenvalue weighted by Crippen LogP contribution is 2.34. The minimum atomic E-state index is -0.251. The molecule has 0 spiro atoms. The van der Waals surface area contributed by atoms with Crippen LogP contribution in [0, 0.1) is 0 Å². The van der Waals surface area contributed by atoms with Crippen molar-refractivity contribution >= 4 is 17.6 Å². The number of halogens is 1. The fraction of sp³-hybridized carbons (Fsp3) is 0.562. The lowest BCUT2D eigenvalue weighted by molar-refractivity contribution is -0.140. The van der Waals surface area contributed by atoms with E-state index in [0.29, 0.717) is 36.8 Å². The van der Waals surface area contributed by atoms with Gasteiger partial charge in [0.05, 0.1) is 25.3 Å². The van der Waals surface area contributed by atoms with E-state index >= 15 is 0 Å². The van der Waals surface area contributed by atoms with E-state index in [9.17, 15) is 4.79 Å². The molecule has 4 nitrogen and oxygen atoms in total. The molecule has 0 aliphatic rings. The molecule has 0 N–H and O–H groups in total. The smallest absolute Gasteiger partial charge is 0.305 e. The van der Waals surface area contributed by atoms with Crippen LogP contribution in [0.15, 0.2) is 12.1 Å². The molecule has 0 aromatic heterocycles. The van der Waals surface area contributed by atoms with E-state index in [-0.39, 0.29) is 5.97 Å². The average Bonchev–Trinajstić information content (AvgIpc) is 2.50. The van der Waals surface area contributed by atoms with Crippen LogP contribution in [0.4, 0.5) is 0 Å². The Morgan fingerprint density at radius 3 is 2.29 bits per heavy atom. The van der Waals surface area contributed by atoms with Gasteiger partial charge in [0.2, 0.25) is 0 Å². The van der Waals surface area contributed by atoms with Gasteiger partial charge in [0.25, 0.3) is 0 Å². The summed E-state index contributed by atoms with van der Waals surface area (Å²) in [7, 11) is 1.38. The molecule has 0 unspecified atom stereocenters. The van der Waals surface area contributed by atoms with Gasteiger partial charge >= 0.3 is 5.97 Å². The number of hydrogen-bond donors (Lipinski definition) is 0. The number of ether oxygens (including phenoxy) is 3. The number of carbonyl (C=O) groups is 1. The second kappa shape index (κ2) is 9.50. The van der Waals surface area contributed by atoms with Crippen molar-refractivity contribution in [2.75, 3.05) is 20.3 Å². The Morgan fingerprint density at radius 1 is 1.10 bits per heavy atom. The number of methoxy groups -OCH3 is 1. The normalized spacial score (nSPS) is 10.3. The molecule has 0 atom stereocenters. The number of carbonyl (C=O) groups excluding carboxylic acids is 1. The number of rotatable bonds is 9. The maximum Gasteiger partial charge on any atom is 0.305 e. The molecule has 0 aliphatic heterocycles. The molecule has 0 bridgehead atoms. The van der Waals surface area contributed by atoms with Gasteiger partial charge in [-0.25, -0.2) is 0 Å². The predicted octanol–water partition coefficient (Wildman–Crippen LogP) is 4.02. The Morgan fingerprint density at radius 2 is 1.71 bits per heavy atom. The van der Waals surface area contributed by atoms with Crippen molar-refractivity contribution in [2.45, 2.75) is 39.5 Å². The van der Waals surface area contributed by atoms with Gasteiger partial charge in [-0.05, 0) is 30.9 Å². The van der Waals surface area contributed by atoms with E-state index in [4.69, 9.17) is 21.1 Å². The van der Waals surface area contributed by atoms with Gasteiger partial charge in [0.1, 0.15) is 11.5 Å². The van der Waals surface area contributed by atoms with Crippen LogP contribution in [0.5, 0.6) is 11.5 Å². The number of aryl methyl sites for hydroxylation is 1. The molecule has 21 heavy (non-hydrogen) atoms. The highest BCUT2D eigenvalue weighted by molar-refractivity contribution is 6.32. The lowest BCUT2D eigenvalue weighted by atomic mass is 10.1. The highest BCUT2D eigenvalue weighted by atomic mass is 35.5. The lowest BCUT2D eigenvalue weighted by Gasteiger charge is -2.15. The SMILES string of the molecule is CCCOc1cc(OCCC)c(CCC(=O)OC)cc1Cl. The van der Waals surface area contributed by atoms with Crippen molar-refractivity contribution in [2.24, 2.45) is 0 Å². The minimum Gasteiger partial charge on any atom is -0.493 e. The first-order valence-electron chi connectivity index (χ1n) is 7.27. The van der Waals surface area contributed by atoms with E-state index in [1.54, 1.807) is 12.1 Å². The topological polar surface area (TPSA) is 44.8 Å². The summed E-state index contributed by atoms with van der Waals surface area (Å²) in [6, 6.07) is 3.61. The molecule has 118 valence electrons. The standard InChI is InChI=1S/C16H23ClO4/c1-4-8-20-14-11-15(21-9-5-2)13(17)10-12(14)6-7-16(18)19-3/h10-11H,4-9H2,1-3H3. The molecule has 0 radical (unpaired) electrons. The van der Waals surface area contributed by atoms with Crippen LogP contribution >= 0.6 is 11.6 Å². The van der Waals surface area contributed by atoms with Crippen molar-refractivity contribution in [1.82, 2.24) is 0 Å². The van der Waals surface area contributed by atoms with Crippen LogP contribution in [-0.4, -0.2) is 26.3 Å². The summed E-state index contributed by atoms with van der Waals surface area (Å²) in [5, 5.41) is 0.534. The molecule has 0 amide bonds. The monoisotopic (exact) mass is 314 g/mol. The molecular weight excluding hydrogens is 292 g/mol. The third-order valence-electron chi connectivity index (χ3n) is 2.86. The maximum absolute atomic E-state index is 11.3. The summed E-state index contributed by atoms with van der Waals surface area (Å²) < 4.78 is 16.0. The summed E-state index contributed by atoms with van der Waals surface area (Å²) >= 11 is 6.22. The Hall–Kier alpha value is -1.42. The lowest BCUT2D eigenvalue weighted by Crippen LogP contribution is -2.05. The quantitative estimate of drug-likeness (QED) is 0.646. The summed E-state index contributed by atoms with van der Waals surface area (Å²) in [6.45, 7) is 5.29. The maximum atomic E-state index is 11.3. The Balaban J connectivity index is 2.92. The first-order chi connectivity index (χ1) is 10.1. The zero-order chi connectivity index (χ0) is 15.7. The van der Waals surface area contributed by atoms with E-state index in [1.807, 2.05) is 13.8 Å². The van der Waals surface area contributed by atoms with Crippen molar-refractivity contribution in [3.63, 3.8) is 0 Å². The van der Waals surface area contributed by atoms with Gasteiger partial charge in [-0.2, -0.15) is 0 Å². The van der Waals surface area contributed by atoms with Gasteiger partial charge < -0.3 is 14.2 Å². The predicted molar refractivity (Wildman–Crippen MR) is 83.4 cm³/mol. The van der Waals surface area contributed by atoms with Gasteiger partial charge in [0, 0.05) is 12.5 Å². The largest absolute Gasteiger partial charge is 0.493 e. The van der Waals surface area contributed by atoms with Crippen LogP contribution in [0.1, 0.15) is 38.7 Å². The molecule has 1 rings (SSSR count). The molecule has 0 aliphatic carbocycles. The summed E-state index contributed by atoms with van der Waals surface area (Å²) in [5.74, 6) is 1.08. The Bertz CT molecular complexity index is 460. The molecule has 1 aromatic rings. The third-order valence-corrected chi connectivity index (χ3v) is 3.16. The van der Waals surface area contributed by atoms with Gasteiger partial charge in [-0.15, -0.1) is 0 Å². The molecule has 1 aromatic carbocycles. The third kappa shape index (κ3) is 5.84. The van der Waals surface area contributed by atoms with Crippen LogP contribution in [0.2, 0.25) is 5.02 Å². The fourth-order valence-corrected chi connectivity index (χ4v) is 2.02. The molecule has 0 heterocycles. The second-order valence-corrected chi connectivity index (χ2v) is 5.07. The number of hydrogen-bond acceptors (Lipinski definition) is 4. The molecule has 5 heteroatoms. The van der Waals surface area contributed by atoms with Crippen LogP contribution in [-0.2, 0) is 16.0 Å².